The molecule has 0 aromatic rings. The van der Waals surface area contributed by atoms with Crippen LogP contribution in [0, 0.1) is 51.2 Å². The summed E-state index contributed by atoms with van der Waals surface area (Å²) >= 11 is 0. The molecular formula is C26H42N2O7. The number of aliphatic hydroxyl groups is 3. The van der Waals surface area contributed by atoms with Crippen molar-refractivity contribution in [2.75, 3.05) is 6.54 Å². The summed E-state index contributed by atoms with van der Waals surface area (Å²) < 4.78 is 0. The molecule has 0 aromatic heterocycles. The highest BCUT2D eigenvalue weighted by Gasteiger charge is 2.65. The Hall–Kier alpha value is -1.58. The Morgan fingerprint density at radius 2 is 1.77 bits per heavy atom. The molecule has 35 heavy (non-hydrogen) atoms. The van der Waals surface area contributed by atoms with Gasteiger partial charge in [-0.05, 0) is 97.7 Å². The van der Waals surface area contributed by atoms with Gasteiger partial charge in [0.25, 0.3) is 0 Å². The molecule has 9 nitrogen and oxygen atoms in total. The lowest BCUT2D eigenvalue weighted by molar-refractivity contribution is -0.207. The van der Waals surface area contributed by atoms with Gasteiger partial charge in [-0.25, -0.2) is 0 Å². The first-order chi connectivity index (χ1) is 16.4. The lowest BCUT2D eigenvalue weighted by Gasteiger charge is -2.63. The van der Waals surface area contributed by atoms with E-state index in [0.29, 0.717) is 24.3 Å². The zero-order valence-electron chi connectivity index (χ0n) is 21.2. The Morgan fingerprint density at radius 1 is 1.06 bits per heavy atom. The molecule has 4 fully saturated rings. The van der Waals surface area contributed by atoms with Crippen LogP contribution in [0.3, 0.4) is 0 Å². The number of rotatable bonds is 7. The minimum atomic E-state index is -1.29. The molecule has 1 amide bonds. The quantitative estimate of drug-likeness (QED) is 0.314. The van der Waals surface area contributed by atoms with Crippen LogP contribution in [0.25, 0.3) is 0 Å². The lowest BCUT2D eigenvalue weighted by atomic mass is 9.43. The molecule has 0 aromatic carbocycles. The minimum absolute atomic E-state index is 0.0248. The van der Waals surface area contributed by atoms with Crippen molar-refractivity contribution in [1.82, 2.24) is 5.01 Å². The zero-order valence-corrected chi connectivity index (χ0v) is 21.2. The Labute approximate surface area is 207 Å². The molecule has 0 bridgehead atoms. The van der Waals surface area contributed by atoms with Crippen LogP contribution >= 0.6 is 0 Å². The fraction of sp³-hybridized carbons (Fsp3) is 0.923. The first kappa shape index (κ1) is 26.5. The van der Waals surface area contributed by atoms with E-state index >= 15 is 0 Å². The van der Waals surface area contributed by atoms with Gasteiger partial charge < -0.3 is 20.4 Å². The first-order valence-electron chi connectivity index (χ1n) is 13.3. The molecule has 11 atom stereocenters. The van der Waals surface area contributed by atoms with Crippen LogP contribution in [-0.4, -0.2) is 62.2 Å². The van der Waals surface area contributed by atoms with Crippen LogP contribution in [0.15, 0.2) is 5.29 Å². The SMILES string of the molecule is C[C@H](CCC(=O)N(CC(=O)O)N=O)[C@H]1CC[C@H]2[C@@H]3[C@H](O)C[C@@H]4C[C@H](O)CC[C@]4(C)[C@H]3C[C@H](O)[C@]12C. The standard InChI is InChI=1S/C26H42N2O7/c1-14(4-7-22(32)28(27-35)13-23(33)34)17-5-6-18-24-19(12-21(31)26(17,18)3)25(2)9-8-16(29)10-15(25)11-20(24)30/h14-21,24,29-31H,4-13H2,1-3H3,(H,33,34)/t14-,15+,16-,17-,18+,19+,20-,21+,24+,25+,26-/m1/s1. The average Bonchev–Trinajstić information content (AvgIpc) is 3.16. The molecule has 198 valence electrons. The maximum absolute atomic E-state index is 12.3. The molecular weight excluding hydrogens is 452 g/mol. The number of carbonyl (C=O) groups is 2. The van der Waals surface area contributed by atoms with Crippen molar-refractivity contribution in [2.24, 2.45) is 51.6 Å². The third kappa shape index (κ3) is 4.42. The predicted molar refractivity (Wildman–Crippen MR) is 128 cm³/mol. The van der Waals surface area contributed by atoms with E-state index in [1.807, 2.05) is 0 Å². The van der Waals surface area contributed by atoms with Gasteiger partial charge in [0, 0.05) is 6.42 Å². The van der Waals surface area contributed by atoms with Crippen LogP contribution in [0.4, 0.5) is 0 Å². The van der Waals surface area contributed by atoms with E-state index in [4.69, 9.17) is 5.11 Å². The van der Waals surface area contributed by atoms with Crippen LogP contribution in [-0.2, 0) is 9.59 Å². The van der Waals surface area contributed by atoms with Crippen molar-refractivity contribution >= 4 is 11.9 Å². The summed E-state index contributed by atoms with van der Waals surface area (Å²) in [4.78, 5) is 34.1. The van der Waals surface area contributed by atoms with Gasteiger partial charge >= 0.3 is 5.97 Å². The zero-order chi connectivity index (χ0) is 25.7. The van der Waals surface area contributed by atoms with E-state index in [1.54, 1.807) is 0 Å². The monoisotopic (exact) mass is 494 g/mol. The van der Waals surface area contributed by atoms with Gasteiger partial charge in [0.1, 0.15) is 6.54 Å². The van der Waals surface area contributed by atoms with Crippen LogP contribution in [0.5, 0.6) is 0 Å². The van der Waals surface area contributed by atoms with E-state index in [-0.39, 0.29) is 58.9 Å². The van der Waals surface area contributed by atoms with Crippen LogP contribution in [0.1, 0.15) is 78.6 Å². The number of hydrogen-bond donors (Lipinski definition) is 4. The van der Waals surface area contributed by atoms with E-state index in [1.165, 1.54) is 0 Å². The molecule has 0 spiro atoms. The summed E-state index contributed by atoms with van der Waals surface area (Å²) in [7, 11) is 0. The fourth-order valence-corrected chi connectivity index (χ4v) is 9.10. The summed E-state index contributed by atoms with van der Waals surface area (Å²) in [6.45, 7) is 5.80. The number of amides is 1. The Balaban J connectivity index is 1.49. The molecule has 4 saturated carbocycles. The van der Waals surface area contributed by atoms with Crippen molar-refractivity contribution < 1.29 is 30.0 Å². The molecule has 4 N–H and O–H groups in total. The van der Waals surface area contributed by atoms with Crippen molar-refractivity contribution in [3.63, 3.8) is 0 Å². The van der Waals surface area contributed by atoms with E-state index < -0.39 is 30.6 Å². The number of carbonyl (C=O) groups excluding carboxylic acids is 1. The second-order valence-corrected chi connectivity index (χ2v) is 12.5. The molecule has 0 saturated heterocycles. The third-order valence-electron chi connectivity index (χ3n) is 11.0. The summed E-state index contributed by atoms with van der Waals surface area (Å²) in [5.74, 6) is -0.794. The number of aliphatic carboxylic acids is 1. The van der Waals surface area contributed by atoms with Gasteiger partial charge in [-0.3, -0.25) is 9.59 Å². The van der Waals surface area contributed by atoms with E-state index in [9.17, 15) is 29.8 Å². The normalized spacial score (nSPS) is 45.5. The maximum atomic E-state index is 12.3. The molecule has 0 aliphatic heterocycles. The molecule has 4 rings (SSSR count). The summed E-state index contributed by atoms with van der Waals surface area (Å²) in [5, 5.41) is 45.1. The number of carboxylic acid groups (broad SMARTS) is 1. The number of hydrogen-bond acceptors (Lipinski definition) is 7. The third-order valence-corrected chi connectivity index (χ3v) is 11.0. The van der Waals surface area contributed by atoms with Gasteiger partial charge in [0.2, 0.25) is 5.91 Å². The van der Waals surface area contributed by atoms with Crippen LogP contribution in [0.2, 0.25) is 0 Å². The highest BCUT2D eigenvalue weighted by atomic mass is 16.4. The Bertz CT molecular complexity index is 839. The Morgan fingerprint density at radius 3 is 2.43 bits per heavy atom. The number of nitroso groups, excluding NO2 is 1. The van der Waals surface area contributed by atoms with Gasteiger partial charge in [0.15, 0.2) is 0 Å². The van der Waals surface area contributed by atoms with Gasteiger partial charge in [-0.1, -0.05) is 20.8 Å². The fourth-order valence-electron chi connectivity index (χ4n) is 9.10. The highest BCUT2D eigenvalue weighted by molar-refractivity contribution is 5.80. The minimum Gasteiger partial charge on any atom is -0.480 e. The lowest BCUT2D eigenvalue weighted by Crippen LogP contribution is -2.62. The molecule has 4 aliphatic carbocycles. The molecule has 0 unspecified atom stereocenters. The van der Waals surface area contributed by atoms with Crippen molar-refractivity contribution in [3.8, 4) is 0 Å². The van der Waals surface area contributed by atoms with Gasteiger partial charge in [-0.15, -0.1) is 4.91 Å². The number of nitrogens with zero attached hydrogens (tertiary/aromatic N) is 2. The smallest absolute Gasteiger partial charge is 0.325 e. The average molecular weight is 495 g/mol. The highest BCUT2D eigenvalue weighted by Crippen LogP contribution is 2.68. The molecule has 9 heteroatoms. The summed E-state index contributed by atoms with van der Waals surface area (Å²) in [6, 6.07) is 0. The van der Waals surface area contributed by atoms with E-state index in [0.717, 1.165) is 32.1 Å². The summed E-state index contributed by atoms with van der Waals surface area (Å²) in [6.07, 6.45) is 4.94. The van der Waals surface area contributed by atoms with Crippen molar-refractivity contribution in [1.29, 1.82) is 0 Å². The number of fused-ring (bicyclic) bond motifs is 5. The predicted octanol–water partition coefficient (Wildman–Crippen LogP) is 2.96. The van der Waals surface area contributed by atoms with Gasteiger partial charge in [0.05, 0.1) is 23.6 Å². The van der Waals surface area contributed by atoms with Crippen molar-refractivity contribution in [3.05, 3.63) is 4.91 Å². The molecule has 0 heterocycles. The van der Waals surface area contributed by atoms with Crippen molar-refractivity contribution in [2.45, 2.75) is 96.9 Å². The number of aliphatic hydroxyl groups excluding tert-OH is 3. The Kier molecular flexibility index (Phi) is 7.34. The summed E-state index contributed by atoms with van der Waals surface area (Å²) in [5.41, 5.74) is -0.345. The second-order valence-electron chi connectivity index (χ2n) is 12.5. The first-order valence-corrected chi connectivity index (χ1v) is 13.3. The molecule has 4 aliphatic rings. The van der Waals surface area contributed by atoms with E-state index in [2.05, 4.69) is 26.1 Å². The topological polar surface area (TPSA) is 148 Å². The number of carboxylic acids is 1. The van der Waals surface area contributed by atoms with Crippen LogP contribution < -0.4 is 0 Å². The second kappa shape index (κ2) is 9.71. The maximum Gasteiger partial charge on any atom is 0.325 e. The van der Waals surface area contributed by atoms with Gasteiger partial charge in [-0.2, -0.15) is 5.01 Å². The largest absolute Gasteiger partial charge is 0.480 e. The molecule has 0 radical (unpaired) electrons.